The van der Waals surface area contributed by atoms with Crippen LogP contribution in [-0.2, 0) is 0 Å². The lowest BCUT2D eigenvalue weighted by molar-refractivity contribution is 0.216. The largest absolute Gasteiger partial charge is 0.396 e. The third-order valence-corrected chi connectivity index (χ3v) is 3.99. The molecular weight excluding hydrogens is 306 g/mol. The molecule has 1 heterocycles. The molecule has 1 aromatic heterocycles. The van der Waals surface area contributed by atoms with Crippen molar-refractivity contribution in [1.29, 1.82) is 0 Å². The number of nitrogens with one attached hydrogen (secondary N) is 2. The van der Waals surface area contributed by atoms with Crippen LogP contribution in [0.25, 0.3) is 5.69 Å². The van der Waals surface area contributed by atoms with Crippen molar-refractivity contribution in [2.75, 3.05) is 6.61 Å². The molecule has 2 aromatic rings. The average molecular weight is 331 g/mol. The summed E-state index contributed by atoms with van der Waals surface area (Å²) in [5, 5.41) is 22.7. The molecule has 0 saturated carbocycles. The molecule has 2 amide bonds. The van der Waals surface area contributed by atoms with E-state index >= 15 is 0 Å². The molecule has 7 heteroatoms. The van der Waals surface area contributed by atoms with Gasteiger partial charge in [-0.25, -0.2) is 9.48 Å². The molecule has 3 N–H and O–H groups in total. The number of carbonyl (C=O) groups is 1. The van der Waals surface area contributed by atoms with Gasteiger partial charge in [-0.2, -0.15) is 0 Å². The fourth-order valence-corrected chi connectivity index (χ4v) is 2.46. The highest BCUT2D eigenvalue weighted by Crippen LogP contribution is 2.15. The molecule has 24 heavy (non-hydrogen) atoms. The van der Waals surface area contributed by atoms with Crippen molar-refractivity contribution in [2.45, 2.75) is 39.3 Å². The van der Waals surface area contributed by atoms with Gasteiger partial charge >= 0.3 is 6.03 Å². The Bertz CT molecular complexity index is 625. The maximum atomic E-state index is 12.1. The maximum Gasteiger partial charge on any atom is 0.315 e. The van der Waals surface area contributed by atoms with Crippen LogP contribution < -0.4 is 10.6 Å². The summed E-state index contributed by atoms with van der Waals surface area (Å²) in [4.78, 5) is 12.1. The van der Waals surface area contributed by atoms with Crippen molar-refractivity contribution in [2.24, 2.45) is 5.92 Å². The van der Waals surface area contributed by atoms with Gasteiger partial charge in [0.25, 0.3) is 0 Å². The van der Waals surface area contributed by atoms with Crippen molar-refractivity contribution in [3.05, 3.63) is 42.2 Å². The van der Waals surface area contributed by atoms with E-state index < -0.39 is 0 Å². The number of carbonyl (C=O) groups excluding carboxylic acids is 1. The number of hydrogen-bond acceptors (Lipinski definition) is 4. The molecule has 2 rings (SSSR count). The summed E-state index contributed by atoms with van der Waals surface area (Å²) in [5.41, 5.74) is 1.91. The van der Waals surface area contributed by atoms with Crippen LogP contribution in [-0.4, -0.2) is 38.8 Å². The van der Waals surface area contributed by atoms with Gasteiger partial charge < -0.3 is 15.7 Å². The van der Waals surface area contributed by atoms with Gasteiger partial charge in [0.05, 0.1) is 24.1 Å². The number of aliphatic hydroxyl groups excluding tert-OH is 1. The van der Waals surface area contributed by atoms with E-state index in [0.29, 0.717) is 6.42 Å². The molecular formula is C17H25N5O2. The standard InChI is InChI=1S/C17H25N5O2/c1-12(2)16(8-11-23)20-17(24)19-13(3)14-4-6-15(7-5-14)22-10-9-18-21-22/h4-7,9-10,12-13,16,23H,8,11H2,1-3H3,(H2,19,20,24). The average Bonchev–Trinajstić information content (AvgIpc) is 3.09. The van der Waals surface area contributed by atoms with E-state index in [1.165, 1.54) is 0 Å². The Hall–Kier alpha value is -2.41. The summed E-state index contributed by atoms with van der Waals surface area (Å²) in [7, 11) is 0. The van der Waals surface area contributed by atoms with Gasteiger partial charge in [0.15, 0.2) is 0 Å². The van der Waals surface area contributed by atoms with Crippen LogP contribution in [0.3, 0.4) is 0 Å². The topological polar surface area (TPSA) is 92.1 Å². The van der Waals surface area contributed by atoms with Crippen LogP contribution in [0.5, 0.6) is 0 Å². The minimum Gasteiger partial charge on any atom is -0.396 e. The molecule has 1 aromatic carbocycles. The molecule has 0 aliphatic heterocycles. The van der Waals surface area contributed by atoms with Crippen molar-refractivity contribution in [1.82, 2.24) is 25.6 Å². The first-order chi connectivity index (χ1) is 11.5. The minimum absolute atomic E-state index is 0.0445. The van der Waals surface area contributed by atoms with E-state index in [2.05, 4.69) is 20.9 Å². The predicted octanol–water partition coefficient (Wildman–Crippen LogP) is 2.03. The van der Waals surface area contributed by atoms with Gasteiger partial charge in [0.2, 0.25) is 0 Å². The van der Waals surface area contributed by atoms with E-state index in [9.17, 15) is 4.79 Å². The maximum absolute atomic E-state index is 12.1. The van der Waals surface area contributed by atoms with Crippen molar-refractivity contribution in [3.8, 4) is 5.69 Å². The summed E-state index contributed by atoms with van der Waals surface area (Å²) in [6, 6.07) is 7.38. The van der Waals surface area contributed by atoms with Gasteiger partial charge in [-0.1, -0.05) is 31.2 Å². The summed E-state index contributed by atoms with van der Waals surface area (Å²) in [6.07, 6.45) is 3.95. The van der Waals surface area contributed by atoms with Crippen molar-refractivity contribution >= 4 is 6.03 Å². The fraction of sp³-hybridized carbons (Fsp3) is 0.471. The zero-order chi connectivity index (χ0) is 17.5. The summed E-state index contributed by atoms with van der Waals surface area (Å²) in [6.45, 7) is 6.03. The first-order valence-corrected chi connectivity index (χ1v) is 8.15. The van der Waals surface area contributed by atoms with Gasteiger partial charge in [0, 0.05) is 12.6 Å². The molecule has 0 aliphatic rings. The number of aliphatic hydroxyl groups is 1. The first kappa shape index (κ1) is 17.9. The minimum atomic E-state index is -0.227. The second-order valence-corrected chi connectivity index (χ2v) is 6.14. The quantitative estimate of drug-likeness (QED) is 0.724. The molecule has 2 atom stereocenters. The smallest absolute Gasteiger partial charge is 0.315 e. The Balaban J connectivity index is 1.94. The lowest BCUT2D eigenvalue weighted by Gasteiger charge is -2.23. The summed E-state index contributed by atoms with van der Waals surface area (Å²) < 4.78 is 1.68. The zero-order valence-electron chi connectivity index (χ0n) is 14.3. The van der Waals surface area contributed by atoms with Crippen LogP contribution in [0.1, 0.15) is 38.8 Å². The van der Waals surface area contributed by atoms with Crippen molar-refractivity contribution in [3.63, 3.8) is 0 Å². The van der Waals surface area contributed by atoms with Crippen LogP contribution in [0.15, 0.2) is 36.7 Å². The number of rotatable bonds is 7. The number of aromatic nitrogens is 3. The second-order valence-electron chi connectivity index (χ2n) is 6.14. The van der Waals surface area contributed by atoms with Crippen LogP contribution in [0.4, 0.5) is 4.79 Å². The van der Waals surface area contributed by atoms with E-state index in [1.54, 1.807) is 17.1 Å². The van der Waals surface area contributed by atoms with Crippen LogP contribution in [0, 0.1) is 5.92 Å². The first-order valence-electron chi connectivity index (χ1n) is 8.15. The fourth-order valence-electron chi connectivity index (χ4n) is 2.46. The summed E-state index contributed by atoms with van der Waals surface area (Å²) >= 11 is 0. The normalized spacial score (nSPS) is 13.5. The highest BCUT2D eigenvalue weighted by atomic mass is 16.3. The number of hydrogen-bond donors (Lipinski definition) is 3. The van der Waals surface area contributed by atoms with E-state index in [-0.39, 0.29) is 30.6 Å². The van der Waals surface area contributed by atoms with Crippen LogP contribution in [0.2, 0.25) is 0 Å². The Morgan fingerprint density at radius 3 is 2.46 bits per heavy atom. The molecule has 7 nitrogen and oxygen atoms in total. The highest BCUT2D eigenvalue weighted by molar-refractivity contribution is 5.74. The van der Waals surface area contributed by atoms with Gasteiger partial charge in [0.1, 0.15) is 0 Å². The SMILES string of the molecule is CC(NC(=O)NC(CCO)C(C)C)c1ccc(-n2ccnn2)cc1. The lowest BCUT2D eigenvalue weighted by Crippen LogP contribution is -2.45. The highest BCUT2D eigenvalue weighted by Gasteiger charge is 2.17. The monoisotopic (exact) mass is 331 g/mol. The van der Waals surface area contributed by atoms with Crippen LogP contribution >= 0.6 is 0 Å². The number of amides is 2. The third-order valence-electron chi connectivity index (χ3n) is 3.99. The lowest BCUT2D eigenvalue weighted by atomic mass is 10.0. The Labute approximate surface area is 142 Å². The molecule has 130 valence electrons. The molecule has 0 saturated heterocycles. The molecule has 0 spiro atoms. The van der Waals surface area contributed by atoms with E-state index in [1.807, 2.05) is 45.0 Å². The second kappa shape index (κ2) is 8.44. The number of nitrogens with zero attached hydrogens (tertiary/aromatic N) is 3. The number of benzene rings is 1. The van der Waals surface area contributed by atoms with Gasteiger partial charge in [-0.3, -0.25) is 0 Å². The third kappa shape index (κ3) is 4.79. The zero-order valence-corrected chi connectivity index (χ0v) is 14.3. The Morgan fingerprint density at radius 2 is 1.92 bits per heavy atom. The summed E-state index contributed by atoms with van der Waals surface area (Å²) in [5.74, 6) is 0.264. The molecule has 0 aliphatic carbocycles. The Kier molecular flexibility index (Phi) is 6.31. The molecule has 2 unspecified atom stereocenters. The van der Waals surface area contributed by atoms with E-state index in [4.69, 9.17) is 5.11 Å². The predicted molar refractivity (Wildman–Crippen MR) is 91.8 cm³/mol. The van der Waals surface area contributed by atoms with E-state index in [0.717, 1.165) is 11.3 Å². The van der Waals surface area contributed by atoms with Gasteiger partial charge in [-0.15, -0.1) is 5.10 Å². The molecule has 0 fully saturated rings. The van der Waals surface area contributed by atoms with Gasteiger partial charge in [-0.05, 0) is 37.0 Å². The van der Waals surface area contributed by atoms with Crippen molar-refractivity contribution < 1.29 is 9.90 Å². The molecule has 0 bridgehead atoms. The Morgan fingerprint density at radius 1 is 1.21 bits per heavy atom. The molecule has 0 radical (unpaired) electrons. The number of urea groups is 1.